The van der Waals surface area contributed by atoms with Crippen molar-refractivity contribution in [2.24, 2.45) is 11.7 Å². The van der Waals surface area contributed by atoms with Crippen LogP contribution in [-0.4, -0.2) is 16.9 Å². The summed E-state index contributed by atoms with van der Waals surface area (Å²) in [4.78, 5) is 15.7. The molecule has 0 unspecified atom stereocenters. The van der Waals surface area contributed by atoms with E-state index in [4.69, 9.17) is 17.3 Å². The predicted octanol–water partition coefficient (Wildman–Crippen LogP) is 2.05. The van der Waals surface area contributed by atoms with Crippen LogP contribution in [0.25, 0.3) is 0 Å². The molecule has 1 heterocycles. The monoisotopic (exact) mass is 241 g/mol. The Bertz CT molecular complexity index is 353. The summed E-state index contributed by atoms with van der Waals surface area (Å²) in [6.07, 6.45) is 2.34. The molecule has 0 aliphatic carbocycles. The zero-order chi connectivity index (χ0) is 12.1. The maximum Gasteiger partial charge on any atom is 0.242 e. The SMILES string of the molecule is CC[C@H](C)[C@H](N)C(=O)Nc1ccc(Cl)cn1. The molecule has 0 aromatic carbocycles. The highest BCUT2D eigenvalue weighted by molar-refractivity contribution is 6.30. The van der Waals surface area contributed by atoms with Crippen LogP contribution in [0.1, 0.15) is 20.3 Å². The molecule has 5 heteroatoms. The number of hydrogen-bond donors (Lipinski definition) is 2. The molecule has 0 spiro atoms. The fourth-order valence-electron chi connectivity index (χ4n) is 1.17. The van der Waals surface area contributed by atoms with E-state index in [1.807, 2.05) is 13.8 Å². The quantitative estimate of drug-likeness (QED) is 0.848. The molecule has 0 saturated heterocycles. The number of aromatic nitrogens is 1. The van der Waals surface area contributed by atoms with Gasteiger partial charge in [0.2, 0.25) is 5.91 Å². The first-order valence-corrected chi connectivity index (χ1v) is 5.60. The maximum atomic E-state index is 11.7. The van der Waals surface area contributed by atoms with E-state index in [0.29, 0.717) is 10.8 Å². The van der Waals surface area contributed by atoms with Gasteiger partial charge in [0.25, 0.3) is 0 Å². The van der Waals surface area contributed by atoms with Crippen LogP contribution in [-0.2, 0) is 4.79 Å². The smallest absolute Gasteiger partial charge is 0.242 e. The van der Waals surface area contributed by atoms with Gasteiger partial charge in [-0.1, -0.05) is 31.9 Å². The molecule has 0 saturated carbocycles. The molecule has 0 radical (unpaired) electrons. The maximum absolute atomic E-state index is 11.7. The highest BCUT2D eigenvalue weighted by Gasteiger charge is 2.19. The van der Waals surface area contributed by atoms with Gasteiger partial charge in [-0.3, -0.25) is 4.79 Å². The number of anilines is 1. The van der Waals surface area contributed by atoms with Crippen molar-refractivity contribution in [1.82, 2.24) is 4.98 Å². The van der Waals surface area contributed by atoms with Crippen molar-refractivity contribution in [1.29, 1.82) is 0 Å². The van der Waals surface area contributed by atoms with Gasteiger partial charge in [0, 0.05) is 6.20 Å². The molecular weight excluding hydrogens is 226 g/mol. The molecule has 1 amide bonds. The molecule has 0 aliphatic heterocycles. The Kier molecular flexibility index (Phi) is 4.71. The average molecular weight is 242 g/mol. The Balaban J connectivity index is 2.60. The lowest BCUT2D eigenvalue weighted by Gasteiger charge is -2.17. The number of hydrogen-bond acceptors (Lipinski definition) is 3. The third kappa shape index (κ3) is 3.47. The Labute approximate surface area is 100 Å². The van der Waals surface area contributed by atoms with Crippen LogP contribution in [0.15, 0.2) is 18.3 Å². The van der Waals surface area contributed by atoms with E-state index >= 15 is 0 Å². The lowest BCUT2D eigenvalue weighted by Crippen LogP contribution is -2.40. The zero-order valence-corrected chi connectivity index (χ0v) is 10.2. The molecule has 2 atom stereocenters. The van der Waals surface area contributed by atoms with Crippen molar-refractivity contribution in [2.45, 2.75) is 26.3 Å². The summed E-state index contributed by atoms with van der Waals surface area (Å²) in [6, 6.07) is 2.80. The summed E-state index contributed by atoms with van der Waals surface area (Å²) >= 11 is 5.68. The molecule has 0 fully saturated rings. The minimum atomic E-state index is -0.512. The third-order valence-corrected chi connectivity index (χ3v) is 2.76. The van der Waals surface area contributed by atoms with Gasteiger partial charge in [-0.25, -0.2) is 4.98 Å². The number of carbonyl (C=O) groups is 1. The van der Waals surface area contributed by atoms with Crippen LogP contribution < -0.4 is 11.1 Å². The summed E-state index contributed by atoms with van der Waals surface area (Å²) in [5.41, 5.74) is 5.78. The summed E-state index contributed by atoms with van der Waals surface area (Å²) < 4.78 is 0. The molecule has 1 aromatic rings. The van der Waals surface area contributed by atoms with Gasteiger partial charge in [0.05, 0.1) is 11.1 Å². The largest absolute Gasteiger partial charge is 0.320 e. The van der Waals surface area contributed by atoms with E-state index in [9.17, 15) is 4.79 Å². The molecule has 0 bridgehead atoms. The van der Waals surface area contributed by atoms with E-state index in [1.54, 1.807) is 12.1 Å². The predicted molar refractivity (Wildman–Crippen MR) is 65.3 cm³/mol. The lowest BCUT2D eigenvalue weighted by atomic mass is 9.99. The third-order valence-electron chi connectivity index (χ3n) is 2.54. The number of rotatable bonds is 4. The molecule has 3 N–H and O–H groups in total. The van der Waals surface area contributed by atoms with Gasteiger partial charge >= 0.3 is 0 Å². The number of nitrogens with one attached hydrogen (secondary N) is 1. The number of nitrogens with zero attached hydrogens (tertiary/aromatic N) is 1. The van der Waals surface area contributed by atoms with Gasteiger partial charge < -0.3 is 11.1 Å². The summed E-state index contributed by atoms with van der Waals surface area (Å²) in [6.45, 7) is 3.94. The van der Waals surface area contributed by atoms with Crippen molar-refractivity contribution in [3.63, 3.8) is 0 Å². The van der Waals surface area contributed by atoms with Crippen LogP contribution in [0.2, 0.25) is 5.02 Å². The highest BCUT2D eigenvalue weighted by Crippen LogP contribution is 2.11. The van der Waals surface area contributed by atoms with Gasteiger partial charge in [-0.15, -0.1) is 0 Å². The summed E-state index contributed by atoms with van der Waals surface area (Å²) in [7, 11) is 0. The number of pyridine rings is 1. The molecule has 1 aromatic heterocycles. The van der Waals surface area contributed by atoms with Crippen molar-refractivity contribution >= 4 is 23.3 Å². The van der Waals surface area contributed by atoms with Crippen LogP contribution in [0.5, 0.6) is 0 Å². The summed E-state index contributed by atoms with van der Waals surface area (Å²) in [5, 5.41) is 3.18. The van der Waals surface area contributed by atoms with Gasteiger partial charge in [-0.2, -0.15) is 0 Å². The van der Waals surface area contributed by atoms with Gasteiger partial charge in [0.15, 0.2) is 0 Å². The Hall–Kier alpha value is -1.13. The fraction of sp³-hybridized carbons (Fsp3) is 0.455. The molecule has 1 rings (SSSR count). The Morgan fingerprint density at radius 1 is 1.62 bits per heavy atom. The standard InChI is InChI=1S/C11H16ClN3O/c1-3-7(2)10(13)11(16)15-9-5-4-8(12)6-14-9/h4-7,10H,3,13H2,1-2H3,(H,14,15,16)/t7-,10-/m0/s1. The van der Waals surface area contributed by atoms with Crippen LogP contribution >= 0.6 is 11.6 Å². The number of carbonyl (C=O) groups excluding carboxylic acids is 1. The van der Waals surface area contributed by atoms with E-state index in [0.717, 1.165) is 6.42 Å². The second-order valence-electron chi connectivity index (χ2n) is 3.76. The number of amides is 1. The first-order valence-electron chi connectivity index (χ1n) is 5.22. The minimum absolute atomic E-state index is 0.146. The number of nitrogens with two attached hydrogens (primary N) is 1. The molecule has 0 aliphatic rings. The normalized spacial score (nSPS) is 14.2. The van der Waals surface area contributed by atoms with Crippen LogP contribution in [0.4, 0.5) is 5.82 Å². The first kappa shape index (κ1) is 12.9. The zero-order valence-electron chi connectivity index (χ0n) is 9.40. The van der Waals surface area contributed by atoms with Crippen molar-refractivity contribution in [3.05, 3.63) is 23.4 Å². The topological polar surface area (TPSA) is 68.0 Å². The summed E-state index contributed by atoms with van der Waals surface area (Å²) in [5.74, 6) is 0.393. The van der Waals surface area contributed by atoms with E-state index in [-0.39, 0.29) is 11.8 Å². The molecular formula is C11H16ClN3O. The Morgan fingerprint density at radius 3 is 2.81 bits per heavy atom. The van der Waals surface area contributed by atoms with Crippen LogP contribution in [0.3, 0.4) is 0 Å². The second-order valence-corrected chi connectivity index (χ2v) is 4.20. The second kappa shape index (κ2) is 5.82. The minimum Gasteiger partial charge on any atom is -0.320 e. The average Bonchev–Trinajstić information content (AvgIpc) is 2.30. The van der Waals surface area contributed by atoms with E-state index in [1.165, 1.54) is 6.20 Å². The lowest BCUT2D eigenvalue weighted by molar-refractivity contribution is -0.118. The first-order chi connectivity index (χ1) is 7.54. The Morgan fingerprint density at radius 2 is 2.31 bits per heavy atom. The molecule has 88 valence electrons. The molecule has 4 nitrogen and oxygen atoms in total. The van der Waals surface area contributed by atoms with Gasteiger partial charge in [-0.05, 0) is 18.1 Å². The van der Waals surface area contributed by atoms with E-state index < -0.39 is 6.04 Å². The fourth-order valence-corrected chi connectivity index (χ4v) is 1.28. The van der Waals surface area contributed by atoms with Crippen molar-refractivity contribution in [3.8, 4) is 0 Å². The number of halogens is 1. The highest BCUT2D eigenvalue weighted by atomic mass is 35.5. The van der Waals surface area contributed by atoms with Crippen molar-refractivity contribution < 1.29 is 4.79 Å². The van der Waals surface area contributed by atoms with E-state index in [2.05, 4.69) is 10.3 Å². The molecule has 16 heavy (non-hydrogen) atoms. The van der Waals surface area contributed by atoms with Gasteiger partial charge in [0.1, 0.15) is 5.82 Å². The van der Waals surface area contributed by atoms with Crippen molar-refractivity contribution in [2.75, 3.05) is 5.32 Å². The van der Waals surface area contributed by atoms with Crippen LogP contribution in [0, 0.1) is 5.92 Å².